The first kappa shape index (κ1) is 17.3. The molecule has 2 nitrogen and oxygen atoms in total. The van der Waals surface area contributed by atoms with Crippen molar-refractivity contribution in [2.24, 2.45) is 5.41 Å². The molecule has 1 fully saturated rings. The molecule has 1 saturated heterocycles. The number of nitrogens with one attached hydrogen (secondary N) is 1. The van der Waals surface area contributed by atoms with Crippen molar-refractivity contribution in [1.82, 2.24) is 10.2 Å². The third kappa shape index (κ3) is 4.95. The van der Waals surface area contributed by atoms with E-state index in [1.807, 2.05) is 13.1 Å². The lowest BCUT2D eigenvalue weighted by Gasteiger charge is -2.38. The fourth-order valence-electron chi connectivity index (χ4n) is 3.29. The van der Waals surface area contributed by atoms with Gasteiger partial charge in [0.25, 0.3) is 0 Å². The highest BCUT2D eigenvalue weighted by Crippen LogP contribution is 2.31. The predicted octanol–water partition coefficient (Wildman–Crippen LogP) is 4.88. The second-order valence-corrected chi connectivity index (χ2v) is 8.16. The molecule has 1 atom stereocenters. The van der Waals surface area contributed by atoms with E-state index in [1.165, 1.54) is 31.5 Å². The lowest BCUT2D eigenvalue weighted by Crippen LogP contribution is -2.41. The van der Waals surface area contributed by atoms with E-state index >= 15 is 0 Å². The van der Waals surface area contributed by atoms with Gasteiger partial charge in [-0.1, -0.05) is 47.4 Å². The molecule has 1 aromatic carbocycles. The zero-order chi connectivity index (χ0) is 15.5. The van der Waals surface area contributed by atoms with Crippen LogP contribution in [-0.4, -0.2) is 31.6 Å². The van der Waals surface area contributed by atoms with Gasteiger partial charge in [0.15, 0.2) is 0 Å². The molecule has 0 saturated carbocycles. The lowest BCUT2D eigenvalue weighted by atomic mass is 9.84. The summed E-state index contributed by atoms with van der Waals surface area (Å²) in [6, 6.07) is 6.48. The van der Waals surface area contributed by atoms with E-state index in [-0.39, 0.29) is 0 Å². The van der Waals surface area contributed by atoms with Crippen LogP contribution >= 0.6 is 27.5 Å². The van der Waals surface area contributed by atoms with Crippen molar-refractivity contribution >= 4 is 27.5 Å². The largest absolute Gasteiger partial charge is 0.313 e. The molecule has 1 aliphatic rings. The normalized spacial score (nSPS) is 20.4. The Bertz CT molecular complexity index is 476. The summed E-state index contributed by atoms with van der Waals surface area (Å²) in [6.07, 6.45) is 3.75. The van der Waals surface area contributed by atoms with Crippen molar-refractivity contribution in [1.29, 1.82) is 0 Å². The van der Waals surface area contributed by atoms with Gasteiger partial charge in [0.1, 0.15) is 0 Å². The van der Waals surface area contributed by atoms with E-state index in [4.69, 9.17) is 11.6 Å². The summed E-state index contributed by atoms with van der Waals surface area (Å²) in [5, 5.41) is 4.25. The summed E-state index contributed by atoms with van der Waals surface area (Å²) in [7, 11) is 2.02. The minimum Gasteiger partial charge on any atom is -0.313 e. The standard InChI is InChI=1S/C17H26BrClN2/c1-17(2)8-4-9-21(12-17)10-7-16(20-3)14-6-5-13(18)11-15(14)19/h5-6,11,16,20H,4,7-10,12H2,1-3H3. The highest BCUT2D eigenvalue weighted by molar-refractivity contribution is 9.10. The van der Waals surface area contributed by atoms with E-state index in [0.29, 0.717) is 11.5 Å². The third-order valence-electron chi connectivity index (χ3n) is 4.40. The van der Waals surface area contributed by atoms with Crippen molar-refractivity contribution in [3.8, 4) is 0 Å². The molecule has 118 valence electrons. The molecule has 21 heavy (non-hydrogen) atoms. The van der Waals surface area contributed by atoms with E-state index < -0.39 is 0 Å². The van der Waals surface area contributed by atoms with Crippen LogP contribution in [0.2, 0.25) is 5.02 Å². The van der Waals surface area contributed by atoms with E-state index in [9.17, 15) is 0 Å². The first-order valence-corrected chi connectivity index (χ1v) is 8.93. The van der Waals surface area contributed by atoms with Crippen LogP contribution in [0.3, 0.4) is 0 Å². The quantitative estimate of drug-likeness (QED) is 0.791. The Kier molecular flexibility index (Phi) is 6.13. The Hall–Kier alpha value is -0.0900. The van der Waals surface area contributed by atoms with Gasteiger partial charge in [-0.05, 0) is 62.5 Å². The van der Waals surface area contributed by atoms with Crippen LogP contribution in [0.5, 0.6) is 0 Å². The molecule has 1 N–H and O–H groups in total. The summed E-state index contributed by atoms with van der Waals surface area (Å²) >= 11 is 9.85. The number of hydrogen-bond donors (Lipinski definition) is 1. The second kappa shape index (κ2) is 7.45. The number of piperidine rings is 1. The van der Waals surface area contributed by atoms with Crippen LogP contribution in [-0.2, 0) is 0 Å². The zero-order valence-electron chi connectivity index (χ0n) is 13.3. The Morgan fingerprint density at radius 1 is 1.43 bits per heavy atom. The lowest BCUT2D eigenvalue weighted by molar-refractivity contribution is 0.113. The number of halogens is 2. The fraction of sp³-hybridized carbons (Fsp3) is 0.647. The average molecular weight is 374 g/mol. The minimum atomic E-state index is 0.315. The molecular formula is C17H26BrClN2. The van der Waals surface area contributed by atoms with Crippen LogP contribution in [0.1, 0.15) is 44.7 Å². The third-order valence-corrected chi connectivity index (χ3v) is 5.22. The molecule has 4 heteroatoms. The smallest absolute Gasteiger partial charge is 0.0465 e. The van der Waals surface area contributed by atoms with E-state index in [1.54, 1.807) is 0 Å². The van der Waals surface area contributed by atoms with E-state index in [0.717, 1.165) is 22.5 Å². The van der Waals surface area contributed by atoms with Gasteiger partial charge in [0.2, 0.25) is 0 Å². The zero-order valence-corrected chi connectivity index (χ0v) is 15.6. The summed E-state index contributed by atoms with van der Waals surface area (Å²) in [6.45, 7) is 8.31. The van der Waals surface area contributed by atoms with Crippen molar-refractivity contribution in [2.75, 3.05) is 26.7 Å². The monoisotopic (exact) mass is 372 g/mol. The SMILES string of the molecule is CNC(CCN1CCCC(C)(C)C1)c1ccc(Br)cc1Cl. The Morgan fingerprint density at radius 2 is 2.19 bits per heavy atom. The van der Waals surface area contributed by atoms with Crippen molar-refractivity contribution in [2.45, 2.75) is 39.2 Å². The fourth-order valence-corrected chi connectivity index (χ4v) is 4.09. The maximum atomic E-state index is 6.39. The molecule has 0 amide bonds. The second-order valence-electron chi connectivity index (χ2n) is 6.84. The molecule has 0 radical (unpaired) electrons. The highest BCUT2D eigenvalue weighted by atomic mass is 79.9. The molecule has 1 aliphatic heterocycles. The molecule has 0 aliphatic carbocycles. The van der Waals surface area contributed by atoms with Crippen LogP contribution in [0.15, 0.2) is 22.7 Å². The minimum absolute atomic E-state index is 0.315. The van der Waals surface area contributed by atoms with Crippen molar-refractivity contribution < 1.29 is 0 Å². The van der Waals surface area contributed by atoms with Crippen molar-refractivity contribution in [3.63, 3.8) is 0 Å². The van der Waals surface area contributed by atoms with Gasteiger partial charge in [-0.15, -0.1) is 0 Å². The molecule has 1 unspecified atom stereocenters. The van der Waals surface area contributed by atoms with Gasteiger partial charge >= 0.3 is 0 Å². The first-order valence-electron chi connectivity index (χ1n) is 7.76. The summed E-state index contributed by atoms with van der Waals surface area (Å²) < 4.78 is 1.03. The van der Waals surface area contributed by atoms with Gasteiger partial charge in [-0.25, -0.2) is 0 Å². The molecule has 1 heterocycles. The van der Waals surface area contributed by atoms with Crippen molar-refractivity contribution in [3.05, 3.63) is 33.3 Å². The van der Waals surface area contributed by atoms with Crippen LogP contribution in [0, 0.1) is 5.41 Å². The van der Waals surface area contributed by atoms with Gasteiger partial charge in [0.05, 0.1) is 0 Å². The maximum Gasteiger partial charge on any atom is 0.0465 e. The van der Waals surface area contributed by atoms with Gasteiger partial charge in [-0.2, -0.15) is 0 Å². The molecule has 2 rings (SSSR count). The van der Waals surface area contributed by atoms with Crippen LogP contribution < -0.4 is 5.32 Å². The summed E-state index contributed by atoms with van der Waals surface area (Å²) in [4.78, 5) is 2.60. The van der Waals surface area contributed by atoms with Gasteiger partial charge in [0, 0.05) is 22.1 Å². The molecule has 0 bridgehead atoms. The Morgan fingerprint density at radius 3 is 2.81 bits per heavy atom. The number of benzene rings is 1. The van der Waals surface area contributed by atoms with Crippen LogP contribution in [0.25, 0.3) is 0 Å². The molecular weight excluding hydrogens is 348 g/mol. The molecule has 0 spiro atoms. The van der Waals surface area contributed by atoms with Gasteiger partial charge in [-0.3, -0.25) is 0 Å². The maximum absolute atomic E-state index is 6.39. The summed E-state index contributed by atoms with van der Waals surface area (Å²) in [5.41, 5.74) is 1.65. The van der Waals surface area contributed by atoms with E-state index in [2.05, 4.69) is 52.1 Å². The highest BCUT2D eigenvalue weighted by Gasteiger charge is 2.26. The molecule has 0 aromatic heterocycles. The average Bonchev–Trinajstić information content (AvgIpc) is 2.40. The Labute approximate surface area is 142 Å². The predicted molar refractivity (Wildman–Crippen MR) is 95.0 cm³/mol. The number of rotatable bonds is 5. The summed E-state index contributed by atoms with van der Waals surface area (Å²) in [5.74, 6) is 0. The Balaban J connectivity index is 1.96. The van der Waals surface area contributed by atoms with Gasteiger partial charge < -0.3 is 10.2 Å². The topological polar surface area (TPSA) is 15.3 Å². The molecule has 1 aromatic rings. The number of hydrogen-bond acceptors (Lipinski definition) is 2. The number of nitrogens with zero attached hydrogens (tertiary/aromatic N) is 1. The number of likely N-dealkylation sites (tertiary alicyclic amines) is 1. The first-order chi connectivity index (χ1) is 9.91. The van der Waals surface area contributed by atoms with Crippen LogP contribution in [0.4, 0.5) is 0 Å².